The van der Waals surface area contributed by atoms with E-state index in [1.165, 1.54) is 30.5 Å². The number of nitrogens with zero attached hydrogens (tertiary/aromatic N) is 1. The molecule has 0 fully saturated rings. The summed E-state index contributed by atoms with van der Waals surface area (Å²) < 4.78 is 27.6. The van der Waals surface area contributed by atoms with Crippen LogP contribution in [0.15, 0.2) is 113 Å². The summed E-state index contributed by atoms with van der Waals surface area (Å²) in [6.45, 7) is -0.100. The number of ketones is 1. The van der Waals surface area contributed by atoms with Gasteiger partial charge in [-0.3, -0.25) is 24.1 Å². The van der Waals surface area contributed by atoms with Gasteiger partial charge in [-0.25, -0.2) is 8.42 Å². The van der Waals surface area contributed by atoms with Gasteiger partial charge >= 0.3 is 0 Å². The van der Waals surface area contributed by atoms with Crippen LogP contribution >= 0.6 is 0 Å². The molecule has 234 valence electrons. The lowest BCUT2D eigenvalue weighted by Gasteiger charge is -2.30. The third-order valence-electron chi connectivity index (χ3n) is 8.04. The van der Waals surface area contributed by atoms with Crippen LogP contribution in [0.2, 0.25) is 0 Å². The number of phenolic OH excluding ortho intramolecular Hbond substituents is 1. The molecule has 0 bridgehead atoms. The van der Waals surface area contributed by atoms with Gasteiger partial charge in [-0.2, -0.15) is 0 Å². The minimum atomic E-state index is -4.22. The summed E-state index contributed by atoms with van der Waals surface area (Å²) in [5, 5.41) is 14.2. The van der Waals surface area contributed by atoms with Crippen molar-refractivity contribution in [2.24, 2.45) is 0 Å². The third kappa shape index (κ3) is 6.20. The lowest BCUT2D eigenvalue weighted by atomic mass is 10.0. The number of pyridine rings is 1. The van der Waals surface area contributed by atoms with E-state index in [2.05, 4.69) is 15.6 Å². The molecule has 46 heavy (non-hydrogen) atoms. The van der Waals surface area contributed by atoms with Crippen LogP contribution in [0.3, 0.4) is 0 Å². The number of aromatic amines is 1. The molecule has 2 amide bonds. The van der Waals surface area contributed by atoms with Crippen LogP contribution in [0, 0.1) is 0 Å². The van der Waals surface area contributed by atoms with Gasteiger partial charge in [-0.1, -0.05) is 60.7 Å². The number of aromatic nitrogens is 1. The Morgan fingerprint density at radius 3 is 2.39 bits per heavy atom. The Hall–Kier alpha value is -5.49. The number of carbonyl (C=O) groups excluding carboxylic acids is 3. The molecular weight excluding hydrogens is 608 g/mol. The molecule has 2 unspecified atom stereocenters. The maximum atomic E-state index is 14.4. The van der Waals surface area contributed by atoms with Crippen molar-refractivity contribution in [3.05, 3.63) is 136 Å². The molecule has 2 atom stereocenters. The minimum Gasteiger partial charge on any atom is -0.508 e. The van der Waals surface area contributed by atoms with Gasteiger partial charge in [0.05, 0.1) is 12.3 Å². The molecule has 2 aliphatic rings. The van der Waals surface area contributed by atoms with E-state index in [1.54, 1.807) is 36.4 Å². The van der Waals surface area contributed by atoms with E-state index in [4.69, 9.17) is 0 Å². The van der Waals surface area contributed by atoms with Gasteiger partial charge in [0.1, 0.15) is 22.9 Å². The SMILES string of the molecule is O=C1CNC2=C1N(C(=O)C(Cc1cccc(O)c1)NC(=O)c1ccc(-c3ccccc3)cc1)C(S(=O)(=O)Cc1ccc[nH]c1=O)C2. The fourth-order valence-electron chi connectivity index (χ4n) is 5.78. The largest absolute Gasteiger partial charge is 0.508 e. The summed E-state index contributed by atoms with van der Waals surface area (Å²) in [6, 6.07) is 24.1. The van der Waals surface area contributed by atoms with E-state index >= 15 is 0 Å². The van der Waals surface area contributed by atoms with Crippen molar-refractivity contribution in [3.8, 4) is 16.9 Å². The Morgan fingerprint density at radius 1 is 0.935 bits per heavy atom. The molecule has 12 heteroatoms. The molecular formula is C34H30N4O7S. The Morgan fingerprint density at radius 2 is 1.67 bits per heavy atom. The van der Waals surface area contributed by atoms with E-state index in [0.717, 1.165) is 16.0 Å². The standard InChI is InChI=1S/C34H30N4O7S/c39-26-10-4-6-21(16-26)17-28(37-33(42)24-13-11-23(12-14-24)22-7-2-1-3-8-22)34(43)38-30(18-27-31(38)29(40)19-36-27)46(44,45)20-25-9-5-15-35-32(25)41/h1-16,28,30,36,39H,17-20H2,(H,35,41)(H,37,42). The first-order chi connectivity index (χ1) is 22.1. The van der Waals surface area contributed by atoms with Gasteiger partial charge in [-0.05, 0) is 47.0 Å². The maximum absolute atomic E-state index is 14.4. The average Bonchev–Trinajstić information content (AvgIpc) is 3.62. The van der Waals surface area contributed by atoms with Gasteiger partial charge in [0.15, 0.2) is 15.6 Å². The average molecular weight is 639 g/mol. The number of nitrogens with one attached hydrogen (secondary N) is 3. The first kappa shape index (κ1) is 30.5. The molecule has 2 aliphatic heterocycles. The number of hydrogen-bond donors (Lipinski definition) is 4. The summed E-state index contributed by atoms with van der Waals surface area (Å²) in [5.74, 6) is -2.57. The van der Waals surface area contributed by atoms with E-state index in [-0.39, 0.29) is 42.0 Å². The number of H-pyrrole nitrogens is 1. The second-order valence-corrected chi connectivity index (χ2v) is 13.3. The van der Waals surface area contributed by atoms with Gasteiger partial charge in [0, 0.05) is 35.9 Å². The number of sulfone groups is 1. The van der Waals surface area contributed by atoms with Crippen LogP contribution in [0.1, 0.15) is 27.9 Å². The Kier molecular flexibility index (Phi) is 8.29. The van der Waals surface area contributed by atoms with E-state index in [0.29, 0.717) is 11.3 Å². The molecule has 0 radical (unpaired) electrons. The predicted octanol–water partition coefficient (Wildman–Crippen LogP) is 2.65. The van der Waals surface area contributed by atoms with Gasteiger partial charge < -0.3 is 20.7 Å². The second-order valence-electron chi connectivity index (χ2n) is 11.1. The van der Waals surface area contributed by atoms with Crippen LogP contribution < -0.4 is 16.2 Å². The number of aromatic hydroxyl groups is 1. The van der Waals surface area contributed by atoms with Crippen molar-refractivity contribution in [2.75, 3.05) is 6.54 Å². The molecule has 6 rings (SSSR count). The van der Waals surface area contributed by atoms with Crippen LogP contribution in [0.25, 0.3) is 11.1 Å². The van der Waals surface area contributed by atoms with Crippen LogP contribution in [0.5, 0.6) is 5.75 Å². The summed E-state index contributed by atoms with van der Waals surface area (Å²) in [4.78, 5) is 56.7. The zero-order valence-corrected chi connectivity index (χ0v) is 25.3. The topological polar surface area (TPSA) is 166 Å². The first-order valence-corrected chi connectivity index (χ1v) is 16.3. The Balaban J connectivity index is 1.33. The number of phenols is 1. The zero-order chi connectivity index (χ0) is 32.4. The highest BCUT2D eigenvalue weighted by atomic mass is 32.2. The molecule has 0 aliphatic carbocycles. The van der Waals surface area contributed by atoms with Crippen molar-refractivity contribution < 1.29 is 27.9 Å². The fraction of sp³-hybridized carbons (Fsp3) is 0.176. The normalized spacial score (nSPS) is 16.6. The number of Topliss-reactive ketones (excluding diaryl/α,β-unsaturated/α-hetero) is 1. The van der Waals surface area contributed by atoms with Gasteiger partial charge in [0.2, 0.25) is 0 Å². The molecule has 3 aromatic carbocycles. The minimum absolute atomic E-state index is 0.00944. The molecule has 0 saturated heterocycles. The fourth-order valence-corrected chi connectivity index (χ4v) is 7.58. The molecule has 11 nitrogen and oxygen atoms in total. The highest BCUT2D eigenvalue weighted by Crippen LogP contribution is 2.36. The smallest absolute Gasteiger partial charge is 0.252 e. The summed E-state index contributed by atoms with van der Waals surface area (Å²) in [6.07, 6.45) is 1.10. The summed E-state index contributed by atoms with van der Waals surface area (Å²) >= 11 is 0. The molecule has 4 aromatic rings. The summed E-state index contributed by atoms with van der Waals surface area (Å²) in [7, 11) is -4.22. The van der Waals surface area contributed by atoms with Crippen LogP contribution in [-0.4, -0.2) is 59.0 Å². The van der Waals surface area contributed by atoms with Crippen molar-refractivity contribution in [1.82, 2.24) is 20.5 Å². The lowest BCUT2D eigenvalue weighted by Crippen LogP contribution is -2.53. The van der Waals surface area contributed by atoms with Crippen LogP contribution in [-0.2, 0) is 31.6 Å². The third-order valence-corrected chi connectivity index (χ3v) is 9.96. The monoisotopic (exact) mass is 638 g/mol. The van der Waals surface area contributed by atoms with Crippen molar-refractivity contribution in [3.63, 3.8) is 0 Å². The highest BCUT2D eigenvalue weighted by Gasteiger charge is 2.49. The van der Waals surface area contributed by atoms with E-state index < -0.39 is 50.2 Å². The molecule has 3 heterocycles. The second kappa shape index (κ2) is 12.5. The number of amides is 2. The maximum Gasteiger partial charge on any atom is 0.252 e. The number of carbonyl (C=O) groups is 3. The molecule has 0 saturated carbocycles. The quantitative estimate of drug-likeness (QED) is 0.217. The Bertz CT molecular complexity index is 2020. The van der Waals surface area contributed by atoms with Crippen molar-refractivity contribution >= 4 is 27.4 Å². The van der Waals surface area contributed by atoms with Gasteiger partial charge in [-0.15, -0.1) is 0 Å². The number of benzene rings is 3. The lowest BCUT2D eigenvalue weighted by molar-refractivity contribution is -0.133. The zero-order valence-electron chi connectivity index (χ0n) is 24.5. The molecule has 0 spiro atoms. The van der Waals surface area contributed by atoms with Gasteiger partial charge in [0.25, 0.3) is 17.4 Å². The number of hydrogen-bond acceptors (Lipinski definition) is 8. The van der Waals surface area contributed by atoms with E-state index in [1.807, 2.05) is 30.3 Å². The molecule has 1 aromatic heterocycles. The van der Waals surface area contributed by atoms with Crippen LogP contribution in [0.4, 0.5) is 0 Å². The van der Waals surface area contributed by atoms with Crippen molar-refractivity contribution in [2.45, 2.75) is 30.0 Å². The summed E-state index contributed by atoms with van der Waals surface area (Å²) in [5.41, 5.74) is 2.27. The highest BCUT2D eigenvalue weighted by molar-refractivity contribution is 7.91. The van der Waals surface area contributed by atoms with Crippen molar-refractivity contribution in [1.29, 1.82) is 0 Å². The first-order valence-electron chi connectivity index (χ1n) is 14.6. The Labute approximate surface area is 264 Å². The number of rotatable bonds is 9. The van der Waals surface area contributed by atoms with E-state index in [9.17, 15) is 32.7 Å². The predicted molar refractivity (Wildman–Crippen MR) is 170 cm³/mol. The molecule has 4 N–H and O–H groups in total.